The zero-order chi connectivity index (χ0) is 13.2. The highest BCUT2D eigenvalue weighted by atomic mass is 15.3. The van der Waals surface area contributed by atoms with E-state index < -0.39 is 0 Å². The molecule has 0 radical (unpaired) electrons. The van der Waals surface area contributed by atoms with E-state index in [1.807, 2.05) is 24.4 Å². The molecule has 2 aromatic heterocycles. The van der Waals surface area contributed by atoms with E-state index in [1.54, 1.807) is 0 Å². The second kappa shape index (κ2) is 5.29. The lowest BCUT2D eigenvalue weighted by Crippen LogP contribution is -2.39. The molecule has 0 bridgehead atoms. The van der Waals surface area contributed by atoms with Crippen LogP contribution in [0.15, 0.2) is 24.4 Å². The van der Waals surface area contributed by atoms with Gasteiger partial charge >= 0.3 is 0 Å². The molecule has 102 valence electrons. The van der Waals surface area contributed by atoms with Gasteiger partial charge in [-0.25, -0.2) is 0 Å². The molecular weight excluding hydrogens is 236 g/mol. The monoisotopic (exact) mass is 258 g/mol. The molecule has 1 aliphatic carbocycles. The first-order valence-corrected chi connectivity index (χ1v) is 7.26. The summed E-state index contributed by atoms with van der Waals surface area (Å²) in [6.45, 7) is 5.51. The molecule has 0 saturated heterocycles. The Balaban J connectivity index is 1.68. The highest BCUT2D eigenvalue weighted by molar-refractivity contribution is 5.36. The van der Waals surface area contributed by atoms with Crippen molar-refractivity contribution in [2.75, 3.05) is 0 Å². The molecule has 4 nitrogen and oxygen atoms in total. The number of rotatable bonds is 3. The van der Waals surface area contributed by atoms with Gasteiger partial charge in [0.1, 0.15) is 0 Å². The van der Waals surface area contributed by atoms with Crippen LogP contribution in [0.1, 0.15) is 38.9 Å². The summed E-state index contributed by atoms with van der Waals surface area (Å²) in [4.78, 5) is 0. The summed E-state index contributed by atoms with van der Waals surface area (Å²) in [5, 5.41) is 12.1. The number of hydrogen-bond acceptors (Lipinski definition) is 3. The molecule has 1 N–H and O–H groups in total. The third-order valence-corrected chi connectivity index (χ3v) is 4.36. The normalized spacial score (nSPS) is 27.8. The van der Waals surface area contributed by atoms with E-state index in [0.717, 1.165) is 29.9 Å². The molecule has 3 atom stereocenters. The van der Waals surface area contributed by atoms with Gasteiger partial charge in [-0.2, -0.15) is 0 Å². The third kappa shape index (κ3) is 2.63. The lowest BCUT2D eigenvalue weighted by atomic mass is 9.80. The van der Waals surface area contributed by atoms with Crippen LogP contribution in [0.25, 0.3) is 5.65 Å². The van der Waals surface area contributed by atoms with Crippen LogP contribution < -0.4 is 5.32 Å². The molecule has 0 aliphatic heterocycles. The van der Waals surface area contributed by atoms with E-state index in [2.05, 4.69) is 33.8 Å². The van der Waals surface area contributed by atoms with E-state index in [9.17, 15) is 0 Å². The van der Waals surface area contributed by atoms with Crippen molar-refractivity contribution in [3.8, 4) is 0 Å². The maximum absolute atomic E-state index is 4.27. The molecule has 19 heavy (non-hydrogen) atoms. The molecular formula is C15H22N4. The molecule has 1 aliphatic rings. The first-order valence-electron chi connectivity index (χ1n) is 7.26. The van der Waals surface area contributed by atoms with Gasteiger partial charge in [0.2, 0.25) is 0 Å². The van der Waals surface area contributed by atoms with Crippen LogP contribution >= 0.6 is 0 Å². The van der Waals surface area contributed by atoms with Crippen LogP contribution in [0.2, 0.25) is 0 Å². The number of pyridine rings is 1. The van der Waals surface area contributed by atoms with Gasteiger partial charge in [0.25, 0.3) is 0 Å². The van der Waals surface area contributed by atoms with E-state index in [-0.39, 0.29) is 0 Å². The van der Waals surface area contributed by atoms with E-state index in [1.165, 1.54) is 19.3 Å². The Morgan fingerprint density at radius 1 is 1.26 bits per heavy atom. The highest BCUT2D eigenvalue weighted by Gasteiger charge is 2.25. The molecule has 0 spiro atoms. The summed E-state index contributed by atoms with van der Waals surface area (Å²) in [5.74, 6) is 2.60. The molecule has 1 saturated carbocycles. The summed E-state index contributed by atoms with van der Waals surface area (Å²) in [7, 11) is 0. The Kier molecular flexibility index (Phi) is 3.51. The van der Waals surface area contributed by atoms with Crippen LogP contribution in [-0.4, -0.2) is 20.6 Å². The summed E-state index contributed by atoms with van der Waals surface area (Å²) < 4.78 is 2.06. The molecule has 2 aromatic rings. The minimum Gasteiger partial charge on any atom is -0.307 e. The van der Waals surface area contributed by atoms with Crippen LogP contribution in [-0.2, 0) is 6.54 Å². The van der Waals surface area contributed by atoms with Crippen molar-refractivity contribution in [1.82, 2.24) is 19.9 Å². The van der Waals surface area contributed by atoms with Crippen LogP contribution in [0.5, 0.6) is 0 Å². The van der Waals surface area contributed by atoms with Gasteiger partial charge < -0.3 is 5.32 Å². The van der Waals surface area contributed by atoms with Crippen LogP contribution in [0.4, 0.5) is 0 Å². The quantitative estimate of drug-likeness (QED) is 0.920. The fourth-order valence-corrected chi connectivity index (χ4v) is 3.05. The van der Waals surface area contributed by atoms with Crippen molar-refractivity contribution in [3.63, 3.8) is 0 Å². The summed E-state index contributed by atoms with van der Waals surface area (Å²) in [6, 6.07) is 6.61. The Morgan fingerprint density at radius 3 is 3.05 bits per heavy atom. The lowest BCUT2D eigenvalue weighted by molar-refractivity contribution is 0.226. The van der Waals surface area contributed by atoms with Crippen LogP contribution in [0, 0.1) is 11.8 Å². The largest absolute Gasteiger partial charge is 0.307 e. The van der Waals surface area contributed by atoms with Gasteiger partial charge in [-0.3, -0.25) is 4.40 Å². The van der Waals surface area contributed by atoms with Gasteiger partial charge in [-0.15, -0.1) is 10.2 Å². The number of fused-ring (bicyclic) bond motifs is 1. The van der Waals surface area contributed by atoms with Gasteiger partial charge in [0, 0.05) is 12.2 Å². The minimum absolute atomic E-state index is 0.611. The average molecular weight is 258 g/mol. The molecule has 0 amide bonds. The number of nitrogens with zero attached hydrogens (tertiary/aromatic N) is 3. The Hall–Kier alpha value is -1.42. The Bertz CT molecular complexity index is 548. The smallest absolute Gasteiger partial charge is 0.160 e. The number of aromatic nitrogens is 3. The van der Waals surface area contributed by atoms with E-state index in [4.69, 9.17) is 0 Å². The molecule has 3 unspecified atom stereocenters. The zero-order valence-electron chi connectivity index (χ0n) is 11.7. The number of hydrogen-bond donors (Lipinski definition) is 1. The topological polar surface area (TPSA) is 42.2 Å². The highest BCUT2D eigenvalue weighted by Crippen LogP contribution is 2.28. The first-order chi connectivity index (χ1) is 9.24. The maximum atomic E-state index is 4.27. The van der Waals surface area contributed by atoms with Gasteiger partial charge in [-0.05, 0) is 36.8 Å². The second-order valence-electron chi connectivity index (χ2n) is 5.93. The Morgan fingerprint density at radius 2 is 2.16 bits per heavy atom. The first kappa shape index (κ1) is 12.6. The fraction of sp³-hybridized carbons (Fsp3) is 0.600. The van der Waals surface area contributed by atoms with E-state index in [0.29, 0.717) is 6.04 Å². The summed E-state index contributed by atoms with van der Waals surface area (Å²) >= 11 is 0. The summed E-state index contributed by atoms with van der Waals surface area (Å²) in [6.07, 6.45) is 6.00. The van der Waals surface area contributed by atoms with Gasteiger partial charge in [-0.1, -0.05) is 26.3 Å². The van der Waals surface area contributed by atoms with E-state index >= 15 is 0 Å². The van der Waals surface area contributed by atoms with Gasteiger partial charge in [0.15, 0.2) is 11.5 Å². The fourth-order valence-electron chi connectivity index (χ4n) is 3.05. The zero-order valence-corrected chi connectivity index (χ0v) is 11.7. The predicted octanol–water partition coefficient (Wildman–Crippen LogP) is 2.64. The molecule has 0 aromatic carbocycles. The van der Waals surface area contributed by atoms with Crippen molar-refractivity contribution in [2.45, 2.75) is 45.7 Å². The molecule has 4 heteroatoms. The number of nitrogens with one attached hydrogen (secondary N) is 1. The predicted molar refractivity (Wildman–Crippen MR) is 75.8 cm³/mol. The maximum Gasteiger partial charge on any atom is 0.160 e. The standard InChI is InChI=1S/C15H22N4/c1-11-6-7-12(2)13(9-11)16-10-15-18-17-14-5-3-4-8-19(14)15/h3-5,8,11-13,16H,6-7,9-10H2,1-2H3. The molecule has 1 fully saturated rings. The van der Waals surface area contributed by atoms with Crippen molar-refractivity contribution in [1.29, 1.82) is 0 Å². The Labute approximate surface area is 114 Å². The van der Waals surface area contributed by atoms with Gasteiger partial charge in [0.05, 0.1) is 6.54 Å². The van der Waals surface area contributed by atoms with Crippen molar-refractivity contribution >= 4 is 5.65 Å². The van der Waals surface area contributed by atoms with Crippen molar-refractivity contribution in [3.05, 3.63) is 30.2 Å². The molecule has 3 rings (SSSR count). The van der Waals surface area contributed by atoms with Crippen molar-refractivity contribution < 1.29 is 0 Å². The van der Waals surface area contributed by atoms with Crippen LogP contribution in [0.3, 0.4) is 0 Å². The summed E-state index contributed by atoms with van der Waals surface area (Å²) in [5.41, 5.74) is 0.921. The van der Waals surface area contributed by atoms with Crippen molar-refractivity contribution in [2.24, 2.45) is 11.8 Å². The second-order valence-corrected chi connectivity index (χ2v) is 5.93. The molecule has 2 heterocycles. The lowest BCUT2D eigenvalue weighted by Gasteiger charge is -2.33. The minimum atomic E-state index is 0.611. The SMILES string of the molecule is CC1CCC(C)C(NCc2nnc3ccccn23)C1. The third-order valence-electron chi connectivity index (χ3n) is 4.36. The average Bonchev–Trinajstić information content (AvgIpc) is 2.83.